The summed E-state index contributed by atoms with van der Waals surface area (Å²) in [6, 6.07) is 8.59. The van der Waals surface area contributed by atoms with E-state index in [0.717, 1.165) is 15.6 Å². The molecule has 2 aromatic carbocycles. The number of benzene rings is 2. The van der Waals surface area contributed by atoms with Gasteiger partial charge in [0, 0.05) is 10.0 Å². The van der Waals surface area contributed by atoms with Gasteiger partial charge in [-0.15, -0.1) is 0 Å². The van der Waals surface area contributed by atoms with Crippen molar-refractivity contribution in [2.75, 3.05) is 0 Å². The maximum absolute atomic E-state index is 14.0. The fourth-order valence-electron chi connectivity index (χ4n) is 2.19. The Labute approximate surface area is 120 Å². The maximum atomic E-state index is 14.0. The van der Waals surface area contributed by atoms with Gasteiger partial charge in [0.05, 0.1) is 5.56 Å². The Bertz CT molecular complexity index is 639. The van der Waals surface area contributed by atoms with Crippen LogP contribution < -0.4 is 0 Å². The van der Waals surface area contributed by atoms with Crippen LogP contribution in [0.15, 0.2) is 34.8 Å². The predicted molar refractivity (Wildman–Crippen MR) is 78.2 cm³/mol. The van der Waals surface area contributed by atoms with Gasteiger partial charge in [0.1, 0.15) is 5.82 Å². The molecule has 0 aliphatic carbocycles. The molecule has 0 bridgehead atoms. The molecule has 1 nitrogen and oxygen atoms in total. The predicted octanol–water partition coefficient (Wildman–Crippen LogP) is 4.74. The van der Waals surface area contributed by atoms with Gasteiger partial charge < -0.3 is 0 Å². The molecule has 98 valence electrons. The lowest BCUT2D eigenvalue weighted by Crippen LogP contribution is -2.09. The first kappa shape index (κ1) is 13.9. The molecule has 0 unspecified atom stereocenters. The largest absolute Gasteiger partial charge is 0.288 e. The van der Waals surface area contributed by atoms with E-state index in [1.54, 1.807) is 19.1 Å². The Morgan fingerprint density at radius 3 is 2.47 bits per heavy atom. The van der Waals surface area contributed by atoms with Gasteiger partial charge in [0.15, 0.2) is 5.78 Å². The molecular weight excluding hydrogens is 307 g/mol. The molecule has 3 heteroatoms. The molecule has 2 rings (SSSR count). The van der Waals surface area contributed by atoms with Gasteiger partial charge in [-0.2, -0.15) is 0 Å². The molecule has 0 heterocycles. The molecule has 0 aromatic heterocycles. The van der Waals surface area contributed by atoms with Crippen molar-refractivity contribution in [3.05, 3.63) is 68.4 Å². The third kappa shape index (κ3) is 2.61. The number of rotatable bonds is 2. The Kier molecular flexibility index (Phi) is 3.85. The molecule has 0 N–H and O–H groups in total. The Morgan fingerprint density at radius 2 is 1.84 bits per heavy atom. The average molecular weight is 321 g/mol. The van der Waals surface area contributed by atoms with E-state index in [2.05, 4.69) is 15.9 Å². The fraction of sp³-hybridized carbons (Fsp3) is 0.188. The van der Waals surface area contributed by atoms with Crippen LogP contribution in [0.3, 0.4) is 0 Å². The monoisotopic (exact) mass is 320 g/mol. The maximum Gasteiger partial charge on any atom is 0.196 e. The van der Waals surface area contributed by atoms with Gasteiger partial charge in [-0.25, -0.2) is 4.39 Å². The SMILES string of the molecule is Cc1cc(C)c(C(=O)c2cccc(Br)c2C)c(F)c1. The lowest BCUT2D eigenvalue weighted by molar-refractivity contribution is 0.103. The third-order valence-corrected chi connectivity index (χ3v) is 4.03. The number of hydrogen-bond donors (Lipinski definition) is 0. The molecule has 0 saturated carbocycles. The van der Waals surface area contributed by atoms with Crippen molar-refractivity contribution >= 4 is 21.7 Å². The van der Waals surface area contributed by atoms with E-state index >= 15 is 0 Å². The second-order valence-electron chi connectivity index (χ2n) is 4.68. The molecule has 0 aliphatic heterocycles. The minimum atomic E-state index is -0.457. The molecule has 0 amide bonds. The lowest BCUT2D eigenvalue weighted by atomic mass is 9.94. The van der Waals surface area contributed by atoms with Crippen molar-refractivity contribution < 1.29 is 9.18 Å². The number of ketones is 1. The van der Waals surface area contributed by atoms with E-state index in [1.807, 2.05) is 26.0 Å². The van der Waals surface area contributed by atoms with Crippen molar-refractivity contribution in [1.82, 2.24) is 0 Å². The van der Waals surface area contributed by atoms with Crippen molar-refractivity contribution in [3.63, 3.8) is 0 Å². The number of carbonyl (C=O) groups is 1. The van der Waals surface area contributed by atoms with Crippen LogP contribution >= 0.6 is 15.9 Å². The first-order valence-electron chi connectivity index (χ1n) is 5.98. The van der Waals surface area contributed by atoms with Crippen LogP contribution in [0, 0.1) is 26.6 Å². The van der Waals surface area contributed by atoms with E-state index in [9.17, 15) is 9.18 Å². The van der Waals surface area contributed by atoms with Crippen molar-refractivity contribution in [3.8, 4) is 0 Å². The number of carbonyl (C=O) groups excluding carboxylic acids is 1. The Morgan fingerprint density at radius 1 is 1.16 bits per heavy atom. The van der Waals surface area contributed by atoms with Crippen LogP contribution in [0.25, 0.3) is 0 Å². The van der Waals surface area contributed by atoms with Crippen LogP contribution in [-0.2, 0) is 0 Å². The first-order valence-corrected chi connectivity index (χ1v) is 6.77. The summed E-state index contributed by atoms with van der Waals surface area (Å²) in [4.78, 5) is 12.5. The summed E-state index contributed by atoms with van der Waals surface area (Å²) in [6.45, 7) is 5.42. The topological polar surface area (TPSA) is 17.1 Å². The fourth-order valence-corrected chi connectivity index (χ4v) is 2.56. The minimum absolute atomic E-state index is 0.159. The van der Waals surface area contributed by atoms with Gasteiger partial charge in [-0.05, 0) is 49.6 Å². The number of hydrogen-bond acceptors (Lipinski definition) is 1. The molecule has 0 atom stereocenters. The van der Waals surface area contributed by atoms with Gasteiger partial charge in [-0.3, -0.25) is 4.79 Å². The van der Waals surface area contributed by atoms with Crippen LogP contribution in [-0.4, -0.2) is 5.78 Å². The van der Waals surface area contributed by atoms with E-state index in [-0.39, 0.29) is 11.3 Å². The standard InChI is InChI=1S/C16H14BrFO/c1-9-7-10(2)15(14(18)8-9)16(19)12-5-4-6-13(17)11(12)3/h4-8H,1-3H3. The normalized spacial score (nSPS) is 10.6. The van der Waals surface area contributed by atoms with E-state index in [4.69, 9.17) is 0 Å². The van der Waals surface area contributed by atoms with Gasteiger partial charge in [0.25, 0.3) is 0 Å². The highest BCUT2D eigenvalue weighted by molar-refractivity contribution is 9.10. The molecule has 0 radical (unpaired) electrons. The zero-order valence-corrected chi connectivity index (χ0v) is 12.6. The van der Waals surface area contributed by atoms with Crippen LogP contribution in [0.4, 0.5) is 4.39 Å². The summed E-state index contributed by atoms with van der Waals surface area (Å²) in [5.41, 5.74) is 3.00. The summed E-state index contributed by atoms with van der Waals surface area (Å²) in [7, 11) is 0. The van der Waals surface area contributed by atoms with Crippen LogP contribution in [0.1, 0.15) is 32.6 Å². The highest BCUT2D eigenvalue weighted by Crippen LogP contribution is 2.25. The zero-order valence-electron chi connectivity index (χ0n) is 11.1. The van der Waals surface area contributed by atoms with E-state index in [1.165, 1.54) is 6.07 Å². The minimum Gasteiger partial charge on any atom is -0.288 e. The molecule has 0 fully saturated rings. The quantitative estimate of drug-likeness (QED) is 0.730. The summed E-state index contributed by atoms with van der Waals surface area (Å²) < 4.78 is 14.9. The summed E-state index contributed by atoms with van der Waals surface area (Å²) in [5.74, 6) is -0.726. The van der Waals surface area contributed by atoms with Crippen molar-refractivity contribution in [2.24, 2.45) is 0 Å². The van der Waals surface area contributed by atoms with Crippen LogP contribution in [0.5, 0.6) is 0 Å². The highest BCUT2D eigenvalue weighted by atomic mass is 79.9. The van der Waals surface area contributed by atoms with Crippen molar-refractivity contribution in [2.45, 2.75) is 20.8 Å². The summed E-state index contributed by atoms with van der Waals surface area (Å²) in [6.07, 6.45) is 0. The van der Waals surface area contributed by atoms with Crippen molar-refractivity contribution in [1.29, 1.82) is 0 Å². The molecule has 0 saturated heterocycles. The first-order chi connectivity index (χ1) is 8.91. The van der Waals surface area contributed by atoms with E-state index in [0.29, 0.717) is 11.1 Å². The summed E-state index contributed by atoms with van der Waals surface area (Å²) in [5, 5.41) is 0. The Hall–Kier alpha value is -1.48. The van der Waals surface area contributed by atoms with Crippen LogP contribution in [0.2, 0.25) is 0 Å². The van der Waals surface area contributed by atoms with Gasteiger partial charge in [-0.1, -0.05) is 34.1 Å². The van der Waals surface area contributed by atoms with Gasteiger partial charge in [0.2, 0.25) is 0 Å². The van der Waals surface area contributed by atoms with E-state index < -0.39 is 5.82 Å². The molecule has 0 aliphatic rings. The number of halogens is 2. The number of aryl methyl sites for hydroxylation is 2. The molecule has 2 aromatic rings. The average Bonchev–Trinajstić information content (AvgIpc) is 2.31. The molecule has 19 heavy (non-hydrogen) atoms. The third-order valence-electron chi connectivity index (χ3n) is 3.17. The smallest absolute Gasteiger partial charge is 0.196 e. The molecular formula is C16H14BrFO. The Balaban J connectivity index is 2.60. The lowest BCUT2D eigenvalue weighted by Gasteiger charge is -2.10. The summed E-state index contributed by atoms with van der Waals surface area (Å²) >= 11 is 3.39. The second kappa shape index (κ2) is 5.25. The second-order valence-corrected chi connectivity index (χ2v) is 5.53. The van der Waals surface area contributed by atoms with Gasteiger partial charge >= 0.3 is 0 Å². The molecule has 0 spiro atoms. The highest BCUT2D eigenvalue weighted by Gasteiger charge is 2.19. The zero-order chi connectivity index (χ0) is 14.2.